The lowest BCUT2D eigenvalue weighted by atomic mass is 10.1. The zero-order valence-corrected chi connectivity index (χ0v) is 22.6. The van der Waals surface area contributed by atoms with Gasteiger partial charge in [0.25, 0.3) is 11.6 Å². The van der Waals surface area contributed by atoms with Gasteiger partial charge in [-0.3, -0.25) is 14.9 Å². The van der Waals surface area contributed by atoms with Gasteiger partial charge in [0.05, 0.1) is 14.3 Å². The molecule has 3 aromatic rings. The van der Waals surface area contributed by atoms with Crippen LogP contribution in [0.4, 0.5) is 11.4 Å². The van der Waals surface area contributed by atoms with Crippen molar-refractivity contribution in [2.75, 3.05) is 5.32 Å². The molecular formula is C28H26BrN3O4S. The molecule has 0 spiro atoms. The molecule has 0 saturated carbocycles. The minimum Gasteiger partial charge on any atom is -0.487 e. The number of amides is 1. The number of hydrogen-bond acceptors (Lipinski definition) is 6. The molecule has 7 nitrogen and oxygen atoms in total. The van der Waals surface area contributed by atoms with Crippen LogP contribution in [-0.2, 0) is 24.2 Å². The molecule has 190 valence electrons. The van der Waals surface area contributed by atoms with E-state index in [-0.39, 0.29) is 23.7 Å². The summed E-state index contributed by atoms with van der Waals surface area (Å²) in [5, 5.41) is 17.2. The minimum absolute atomic E-state index is 0.0373. The fraction of sp³-hybridized carbons (Fsp3) is 0.179. The Hall–Kier alpha value is -3.56. The van der Waals surface area contributed by atoms with Crippen molar-refractivity contribution in [3.05, 3.63) is 115 Å². The molecule has 0 aliphatic carbocycles. The number of allylic oxidation sites excluding steroid dienone is 1. The molecule has 1 saturated heterocycles. The van der Waals surface area contributed by atoms with Crippen molar-refractivity contribution >= 4 is 51.0 Å². The van der Waals surface area contributed by atoms with Crippen LogP contribution in [0.1, 0.15) is 29.2 Å². The van der Waals surface area contributed by atoms with Gasteiger partial charge in [-0.15, -0.1) is 6.58 Å². The lowest BCUT2D eigenvalue weighted by Gasteiger charge is -2.14. The molecule has 3 aromatic carbocycles. The molecular weight excluding hydrogens is 554 g/mol. The van der Waals surface area contributed by atoms with E-state index < -0.39 is 4.92 Å². The van der Waals surface area contributed by atoms with E-state index in [0.717, 1.165) is 33.3 Å². The van der Waals surface area contributed by atoms with Crippen LogP contribution in [0.25, 0.3) is 6.08 Å². The Labute approximate surface area is 228 Å². The molecule has 1 fully saturated rings. The number of anilines is 1. The zero-order chi connectivity index (χ0) is 26.4. The molecule has 1 aliphatic rings. The summed E-state index contributed by atoms with van der Waals surface area (Å²) in [6.45, 7) is 6.22. The summed E-state index contributed by atoms with van der Waals surface area (Å²) in [5.41, 5.74) is 4.57. The van der Waals surface area contributed by atoms with E-state index in [1.54, 1.807) is 18.2 Å². The van der Waals surface area contributed by atoms with E-state index in [4.69, 9.17) is 4.74 Å². The number of nitrogens with one attached hydrogen (secondary N) is 2. The fourth-order valence-corrected chi connectivity index (χ4v) is 5.42. The van der Waals surface area contributed by atoms with E-state index in [9.17, 15) is 14.9 Å². The highest BCUT2D eigenvalue weighted by Crippen LogP contribution is 2.35. The number of thioether (sulfide) groups is 1. The number of aryl methyl sites for hydroxylation is 1. The minimum atomic E-state index is -0.429. The van der Waals surface area contributed by atoms with Crippen LogP contribution in [0.15, 0.2) is 82.7 Å². The van der Waals surface area contributed by atoms with Gasteiger partial charge in [-0.05, 0) is 93.5 Å². The second-order valence-electron chi connectivity index (χ2n) is 8.37. The first kappa shape index (κ1) is 26.5. The van der Waals surface area contributed by atoms with Gasteiger partial charge < -0.3 is 15.4 Å². The predicted octanol–water partition coefficient (Wildman–Crippen LogP) is 6.83. The van der Waals surface area contributed by atoms with Crippen molar-refractivity contribution in [2.24, 2.45) is 0 Å². The van der Waals surface area contributed by atoms with E-state index in [1.165, 1.54) is 29.5 Å². The molecule has 37 heavy (non-hydrogen) atoms. The number of ether oxygens (including phenoxy) is 1. The van der Waals surface area contributed by atoms with Gasteiger partial charge in [-0.1, -0.05) is 36.9 Å². The summed E-state index contributed by atoms with van der Waals surface area (Å²) in [7, 11) is 0. The summed E-state index contributed by atoms with van der Waals surface area (Å²) in [5.74, 6) is 0.534. The third-order valence-corrected chi connectivity index (χ3v) is 7.34. The number of nitrogens with zero attached hydrogens (tertiary/aromatic N) is 1. The molecule has 9 heteroatoms. The summed E-state index contributed by atoms with van der Waals surface area (Å²) < 4.78 is 6.82. The van der Waals surface area contributed by atoms with Gasteiger partial charge in [0.15, 0.2) is 5.50 Å². The van der Waals surface area contributed by atoms with Crippen LogP contribution < -0.4 is 15.4 Å². The quantitative estimate of drug-likeness (QED) is 0.118. The maximum Gasteiger partial charge on any atom is 0.269 e. The number of rotatable bonds is 10. The normalized spacial score (nSPS) is 15.9. The highest BCUT2D eigenvalue weighted by molar-refractivity contribution is 9.10. The zero-order valence-electron chi connectivity index (χ0n) is 20.2. The number of non-ortho nitro benzene ring substituents is 1. The number of halogens is 1. The Balaban J connectivity index is 1.48. The molecule has 0 bridgehead atoms. The first-order chi connectivity index (χ1) is 17.9. The Kier molecular flexibility index (Phi) is 8.68. The Morgan fingerprint density at radius 3 is 2.51 bits per heavy atom. The summed E-state index contributed by atoms with van der Waals surface area (Å²) in [6.07, 6.45) is 5.20. The molecule has 0 unspecified atom stereocenters. The molecule has 1 heterocycles. The number of benzene rings is 3. The topological polar surface area (TPSA) is 93.5 Å². The predicted molar refractivity (Wildman–Crippen MR) is 152 cm³/mol. The summed E-state index contributed by atoms with van der Waals surface area (Å²) >= 11 is 5.04. The maximum atomic E-state index is 12.6. The van der Waals surface area contributed by atoms with Crippen LogP contribution in [-0.4, -0.2) is 16.3 Å². The number of carbonyl (C=O) groups is 1. The van der Waals surface area contributed by atoms with E-state index in [2.05, 4.69) is 52.2 Å². The van der Waals surface area contributed by atoms with E-state index in [0.29, 0.717) is 17.1 Å². The van der Waals surface area contributed by atoms with Gasteiger partial charge in [0.2, 0.25) is 0 Å². The molecule has 0 aromatic heterocycles. The highest BCUT2D eigenvalue weighted by atomic mass is 79.9. The van der Waals surface area contributed by atoms with Gasteiger partial charge in [0, 0.05) is 17.8 Å². The lowest BCUT2D eigenvalue weighted by Crippen LogP contribution is -2.30. The molecule has 1 atom stereocenters. The third-order valence-electron chi connectivity index (χ3n) is 5.73. The second-order valence-corrected chi connectivity index (χ2v) is 10.4. The highest BCUT2D eigenvalue weighted by Gasteiger charge is 2.27. The first-order valence-electron chi connectivity index (χ1n) is 11.7. The van der Waals surface area contributed by atoms with Crippen LogP contribution in [0.5, 0.6) is 5.75 Å². The second kappa shape index (κ2) is 12.1. The standard InChI is InChI=1S/C28H26BrN3O4S/c1-3-5-21-14-20(15-24(29)26(21)36-17-19-8-12-23(13-9-19)32(34)35)16-25-27(33)31-28(37-25)30-22-10-6-18(4-2)7-11-22/h3,6-16,28,30H,1,4-5,17H2,2H3,(H,31,33)/b25-16-/t28-/m0/s1. The summed E-state index contributed by atoms with van der Waals surface area (Å²) in [4.78, 5) is 23.7. The van der Waals surface area contributed by atoms with E-state index in [1.807, 2.05) is 30.3 Å². The van der Waals surface area contributed by atoms with Crippen LogP contribution >= 0.6 is 27.7 Å². The molecule has 4 rings (SSSR count). The van der Waals surface area contributed by atoms with Crippen molar-refractivity contribution in [1.82, 2.24) is 5.32 Å². The SMILES string of the molecule is C=CCc1cc(/C=C2\S[C@@H](Nc3ccc(CC)cc3)NC2=O)cc(Br)c1OCc1ccc([N+](=O)[O-])cc1. The largest absolute Gasteiger partial charge is 0.487 e. The Morgan fingerprint density at radius 2 is 1.86 bits per heavy atom. The maximum absolute atomic E-state index is 12.6. The Bertz CT molecular complexity index is 1340. The van der Waals surface area contributed by atoms with Gasteiger partial charge in [0.1, 0.15) is 12.4 Å². The van der Waals surface area contributed by atoms with Crippen LogP contribution in [0, 0.1) is 10.1 Å². The lowest BCUT2D eigenvalue weighted by molar-refractivity contribution is -0.384. The average molecular weight is 581 g/mol. The van der Waals surface area contributed by atoms with Crippen molar-refractivity contribution in [3.8, 4) is 5.75 Å². The van der Waals surface area contributed by atoms with Crippen molar-refractivity contribution in [3.63, 3.8) is 0 Å². The van der Waals surface area contributed by atoms with Crippen LogP contribution in [0.2, 0.25) is 0 Å². The fourth-order valence-electron chi connectivity index (χ4n) is 3.80. The smallest absolute Gasteiger partial charge is 0.269 e. The molecule has 1 amide bonds. The van der Waals surface area contributed by atoms with Crippen LogP contribution in [0.3, 0.4) is 0 Å². The van der Waals surface area contributed by atoms with Crippen molar-refractivity contribution in [2.45, 2.75) is 31.9 Å². The average Bonchev–Trinajstić information content (AvgIpc) is 3.22. The van der Waals surface area contributed by atoms with Crippen molar-refractivity contribution in [1.29, 1.82) is 0 Å². The molecule has 1 aliphatic heterocycles. The first-order valence-corrected chi connectivity index (χ1v) is 13.4. The summed E-state index contributed by atoms with van der Waals surface area (Å²) in [6, 6.07) is 18.3. The number of carbonyl (C=O) groups excluding carboxylic acids is 1. The number of nitro groups is 1. The van der Waals surface area contributed by atoms with Crippen molar-refractivity contribution < 1.29 is 14.5 Å². The monoisotopic (exact) mass is 579 g/mol. The number of nitro benzene ring substituents is 1. The molecule has 2 N–H and O–H groups in total. The molecule has 0 radical (unpaired) electrons. The number of hydrogen-bond donors (Lipinski definition) is 2. The van der Waals surface area contributed by atoms with E-state index >= 15 is 0 Å². The third kappa shape index (κ3) is 6.81. The van der Waals surface area contributed by atoms with Gasteiger partial charge >= 0.3 is 0 Å². The Morgan fingerprint density at radius 1 is 1.16 bits per heavy atom. The van der Waals surface area contributed by atoms with Gasteiger partial charge in [-0.25, -0.2) is 0 Å². The van der Waals surface area contributed by atoms with Gasteiger partial charge in [-0.2, -0.15) is 0 Å².